The second-order valence-corrected chi connectivity index (χ2v) is 8.20. The van der Waals surface area contributed by atoms with Gasteiger partial charge in [-0.3, -0.25) is 4.40 Å². The molecule has 1 atom stereocenters. The van der Waals surface area contributed by atoms with E-state index in [1.54, 1.807) is 34.8 Å². The minimum atomic E-state index is -3.68. The monoisotopic (exact) mass is 349 g/mol. The van der Waals surface area contributed by atoms with Gasteiger partial charge in [0.1, 0.15) is 0 Å². The molecule has 7 nitrogen and oxygen atoms in total. The van der Waals surface area contributed by atoms with E-state index in [2.05, 4.69) is 10.4 Å². The third-order valence-corrected chi connectivity index (χ3v) is 6.73. The first kappa shape index (κ1) is 16.6. The average molecular weight is 350 g/mol. The van der Waals surface area contributed by atoms with E-state index in [0.717, 1.165) is 12.2 Å². The van der Waals surface area contributed by atoms with Gasteiger partial charge in [0, 0.05) is 30.4 Å². The van der Waals surface area contributed by atoms with Crippen LogP contribution in [0.1, 0.15) is 13.3 Å². The van der Waals surface area contributed by atoms with Crippen LogP contribution in [0.4, 0.5) is 5.82 Å². The molecule has 0 aliphatic carbocycles. The number of thiazole rings is 1. The van der Waals surface area contributed by atoms with Crippen LogP contribution in [-0.4, -0.2) is 47.2 Å². The van der Waals surface area contributed by atoms with Gasteiger partial charge in [-0.25, -0.2) is 14.3 Å². The maximum Gasteiger partial charge on any atom is 0.262 e. The van der Waals surface area contributed by atoms with Crippen molar-refractivity contribution in [1.29, 1.82) is 0 Å². The number of nitrogens with one attached hydrogen (secondary N) is 1. The number of nitrogens with two attached hydrogens (primary N) is 1. The van der Waals surface area contributed by atoms with Crippen molar-refractivity contribution in [2.75, 3.05) is 24.5 Å². The number of hydrogen-bond acceptors (Lipinski definition) is 7. The van der Waals surface area contributed by atoms with E-state index in [4.69, 9.17) is 5.84 Å². The number of hydrazine groups is 1. The second-order valence-electron chi connectivity index (χ2n) is 4.50. The Hall–Kier alpha value is -0.810. The number of nitrogens with zero attached hydrogens (tertiary/aromatic N) is 3. The quantitative estimate of drug-likeness (QED) is 0.580. The molecule has 0 saturated carbocycles. The van der Waals surface area contributed by atoms with Crippen LogP contribution in [0, 0.1) is 0 Å². The van der Waals surface area contributed by atoms with Gasteiger partial charge in [0.05, 0.1) is 0 Å². The molecule has 0 amide bonds. The van der Waals surface area contributed by atoms with E-state index in [1.807, 2.05) is 13.2 Å². The van der Waals surface area contributed by atoms with Gasteiger partial charge < -0.3 is 5.43 Å². The predicted octanol–water partition coefficient (Wildman–Crippen LogP) is 1.44. The number of hydrogen-bond donors (Lipinski definition) is 2. The summed E-state index contributed by atoms with van der Waals surface area (Å²) in [5.74, 6) is 6.34. The number of fused-ring (bicyclic) bond motifs is 1. The van der Waals surface area contributed by atoms with Crippen molar-refractivity contribution >= 4 is 43.9 Å². The molecular weight excluding hydrogens is 330 g/mol. The van der Waals surface area contributed by atoms with Crippen LogP contribution in [0.25, 0.3) is 4.96 Å². The number of thioether (sulfide) groups is 1. The smallest absolute Gasteiger partial charge is 0.262 e. The Balaban J connectivity index is 2.52. The normalized spacial score (nSPS) is 14.0. The van der Waals surface area contributed by atoms with Crippen molar-refractivity contribution in [2.45, 2.75) is 24.4 Å². The van der Waals surface area contributed by atoms with E-state index in [-0.39, 0.29) is 16.9 Å². The Labute approximate surface area is 132 Å². The molecule has 0 radical (unpaired) electrons. The van der Waals surface area contributed by atoms with E-state index >= 15 is 0 Å². The summed E-state index contributed by atoms with van der Waals surface area (Å²) in [5.41, 5.74) is 2.38. The molecule has 0 aliphatic heterocycles. The van der Waals surface area contributed by atoms with Crippen molar-refractivity contribution in [3.05, 3.63) is 11.6 Å². The van der Waals surface area contributed by atoms with E-state index in [0.29, 0.717) is 4.96 Å². The summed E-state index contributed by atoms with van der Waals surface area (Å²) in [6, 6.07) is -0.0696. The predicted molar refractivity (Wildman–Crippen MR) is 88.3 cm³/mol. The van der Waals surface area contributed by atoms with Gasteiger partial charge in [-0.05, 0) is 12.7 Å². The van der Waals surface area contributed by atoms with Gasteiger partial charge in [0.15, 0.2) is 10.8 Å². The zero-order valence-corrected chi connectivity index (χ0v) is 14.6. The minimum Gasteiger partial charge on any atom is -0.306 e. The summed E-state index contributed by atoms with van der Waals surface area (Å²) in [7, 11) is -2.08. The van der Waals surface area contributed by atoms with Gasteiger partial charge >= 0.3 is 0 Å². The van der Waals surface area contributed by atoms with Crippen molar-refractivity contribution in [3.8, 4) is 0 Å². The highest BCUT2D eigenvalue weighted by molar-refractivity contribution is 7.98. The fourth-order valence-electron chi connectivity index (χ4n) is 2.11. The van der Waals surface area contributed by atoms with E-state index in [9.17, 15) is 8.42 Å². The fraction of sp³-hybridized carbons (Fsp3) is 0.545. The van der Waals surface area contributed by atoms with Gasteiger partial charge in [0.2, 0.25) is 5.03 Å². The Morgan fingerprint density at radius 1 is 1.62 bits per heavy atom. The molecule has 0 aliphatic rings. The highest BCUT2D eigenvalue weighted by Gasteiger charge is 2.33. The third-order valence-electron chi connectivity index (χ3n) is 3.32. The highest BCUT2D eigenvalue weighted by Crippen LogP contribution is 2.28. The number of aromatic nitrogens is 2. The first-order valence-corrected chi connectivity index (χ1v) is 10.1. The SMILES string of the molecule is CCC(CSC)N(C)S(=O)(=O)c1c(NN)nc2sccn12. The maximum absolute atomic E-state index is 12.9. The lowest BCUT2D eigenvalue weighted by atomic mass is 10.3. The second kappa shape index (κ2) is 6.53. The fourth-order valence-corrected chi connectivity index (χ4v) is 5.45. The molecule has 2 heterocycles. The first-order valence-electron chi connectivity index (χ1n) is 6.36. The summed E-state index contributed by atoms with van der Waals surface area (Å²) in [5, 5.41) is 1.88. The number of imidazole rings is 1. The molecule has 3 N–H and O–H groups in total. The molecular formula is C11H19N5O2S3. The van der Waals surface area contributed by atoms with Crippen LogP contribution in [0.5, 0.6) is 0 Å². The third kappa shape index (κ3) is 2.90. The number of rotatable bonds is 7. The van der Waals surface area contributed by atoms with Crippen molar-refractivity contribution in [3.63, 3.8) is 0 Å². The Kier molecular flexibility index (Phi) is 5.15. The zero-order chi connectivity index (χ0) is 15.6. The highest BCUT2D eigenvalue weighted by atomic mass is 32.2. The molecule has 118 valence electrons. The van der Waals surface area contributed by atoms with Gasteiger partial charge in [-0.2, -0.15) is 21.1 Å². The molecule has 2 rings (SSSR count). The van der Waals surface area contributed by atoms with Crippen molar-refractivity contribution < 1.29 is 8.42 Å². The first-order chi connectivity index (χ1) is 9.97. The molecule has 2 aromatic heterocycles. The Morgan fingerprint density at radius 3 is 2.90 bits per heavy atom. The minimum absolute atomic E-state index is 0.0696. The molecule has 0 saturated heterocycles. The lowest BCUT2D eigenvalue weighted by Gasteiger charge is -2.25. The molecule has 10 heteroatoms. The van der Waals surface area contributed by atoms with Crippen molar-refractivity contribution in [2.24, 2.45) is 5.84 Å². The van der Waals surface area contributed by atoms with Crippen LogP contribution < -0.4 is 11.3 Å². The van der Waals surface area contributed by atoms with Gasteiger partial charge in [-0.1, -0.05) is 6.92 Å². The van der Waals surface area contributed by atoms with E-state index in [1.165, 1.54) is 15.6 Å². The largest absolute Gasteiger partial charge is 0.306 e. The summed E-state index contributed by atoms with van der Waals surface area (Å²) >= 11 is 2.98. The van der Waals surface area contributed by atoms with Gasteiger partial charge in [0.25, 0.3) is 10.0 Å². The van der Waals surface area contributed by atoms with Crippen LogP contribution in [0.15, 0.2) is 16.6 Å². The van der Waals surface area contributed by atoms with Crippen LogP contribution in [-0.2, 0) is 10.0 Å². The Morgan fingerprint density at radius 2 is 2.33 bits per heavy atom. The van der Waals surface area contributed by atoms with Crippen LogP contribution >= 0.6 is 23.1 Å². The standard InChI is InChI=1S/C11H19N5O2S3/c1-4-8(7-19-3)15(2)21(17,18)10-9(14-12)13-11-16(10)5-6-20-11/h5-6,8,14H,4,7,12H2,1-3H3. The molecule has 1 unspecified atom stereocenters. The topological polar surface area (TPSA) is 92.7 Å². The van der Waals surface area contributed by atoms with Crippen LogP contribution in [0.2, 0.25) is 0 Å². The molecule has 0 spiro atoms. The van der Waals surface area contributed by atoms with Crippen LogP contribution in [0.3, 0.4) is 0 Å². The van der Waals surface area contributed by atoms with E-state index < -0.39 is 10.0 Å². The average Bonchev–Trinajstić information content (AvgIpc) is 3.03. The number of nitrogen functional groups attached to an aromatic ring is 1. The molecule has 2 aromatic rings. The molecule has 0 fully saturated rings. The summed E-state index contributed by atoms with van der Waals surface area (Å²) < 4.78 is 28.8. The number of sulfonamides is 1. The maximum atomic E-state index is 12.9. The summed E-state index contributed by atoms with van der Waals surface area (Å²) in [6.07, 6.45) is 4.39. The zero-order valence-electron chi connectivity index (χ0n) is 12.1. The lowest BCUT2D eigenvalue weighted by molar-refractivity contribution is 0.384. The molecule has 0 aromatic carbocycles. The van der Waals surface area contributed by atoms with Crippen molar-refractivity contribution in [1.82, 2.24) is 13.7 Å². The molecule has 0 bridgehead atoms. The van der Waals surface area contributed by atoms with Gasteiger partial charge in [-0.15, -0.1) is 11.3 Å². The molecule has 21 heavy (non-hydrogen) atoms. The summed E-state index contributed by atoms with van der Waals surface area (Å²) in [4.78, 5) is 4.80. The lowest BCUT2D eigenvalue weighted by Crippen LogP contribution is -2.39. The Bertz CT molecular complexity index is 709. The number of anilines is 1. The summed E-state index contributed by atoms with van der Waals surface area (Å²) in [6.45, 7) is 1.98.